The first-order chi connectivity index (χ1) is 15.2. The lowest BCUT2D eigenvalue weighted by Crippen LogP contribution is -2.34. The molecule has 1 saturated heterocycles. The number of nitrogens with one attached hydrogen (secondary N) is 1. The lowest BCUT2D eigenvalue weighted by atomic mass is 9.89. The molecule has 0 atom stereocenters. The van der Waals surface area contributed by atoms with Gasteiger partial charge in [0.25, 0.3) is 0 Å². The van der Waals surface area contributed by atoms with Crippen LogP contribution in [0.5, 0.6) is 0 Å². The van der Waals surface area contributed by atoms with E-state index in [2.05, 4.69) is 16.0 Å². The Kier molecular flexibility index (Phi) is 7.60. The zero-order valence-electron chi connectivity index (χ0n) is 18.7. The third kappa shape index (κ3) is 5.66. The number of benzene rings is 1. The molecule has 0 unspecified atom stereocenters. The molecular weight excluding hydrogens is 388 g/mol. The summed E-state index contributed by atoms with van der Waals surface area (Å²) in [5.41, 5.74) is 2.03. The predicted molar refractivity (Wildman–Crippen MR) is 123 cm³/mol. The molecule has 0 spiro atoms. The Morgan fingerprint density at radius 1 is 0.968 bits per heavy atom. The van der Waals surface area contributed by atoms with Crippen LogP contribution in [0.4, 0.5) is 0 Å². The highest BCUT2D eigenvalue weighted by Gasteiger charge is 2.21. The van der Waals surface area contributed by atoms with E-state index in [9.17, 15) is 9.59 Å². The monoisotopic (exact) mass is 424 g/mol. The molecule has 2 aliphatic rings. The van der Waals surface area contributed by atoms with Crippen LogP contribution in [-0.2, 0) is 22.6 Å². The van der Waals surface area contributed by atoms with Gasteiger partial charge in [0.1, 0.15) is 5.82 Å². The summed E-state index contributed by atoms with van der Waals surface area (Å²) in [5.74, 6) is 1.57. The van der Waals surface area contributed by atoms with Gasteiger partial charge in [0.05, 0.1) is 11.0 Å². The topological polar surface area (TPSA) is 67.2 Å². The van der Waals surface area contributed by atoms with E-state index >= 15 is 0 Å². The lowest BCUT2D eigenvalue weighted by molar-refractivity contribution is -0.131. The van der Waals surface area contributed by atoms with E-state index in [-0.39, 0.29) is 17.7 Å². The van der Waals surface area contributed by atoms with Crippen LogP contribution in [-0.4, -0.2) is 45.9 Å². The second-order valence-electron chi connectivity index (χ2n) is 9.09. The van der Waals surface area contributed by atoms with Crippen molar-refractivity contribution in [3.8, 4) is 0 Å². The summed E-state index contributed by atoms with van der Waals surface area (Å²) in [7, 11) is 0. The molecule has 2 amide bonds. The molecule has 1 aliphatic heterocycles. The first-order valence-electron chi connectivity index (χ1n) is 12.2. The number of carbonyl (C=O) groups is 2. The fourth-order valence-electron chi connectivity index (χ4n) is 5.06. The molecule has 6 nitrogen and oxygen atoms in total. The van der Waals surface area contributed by atoms with Crippen LogP contribution in [0.3, 0.4) is 0 Å². The minimum absolute atomic E-state index is 0.179. The summed E-state index contributed by atoms with van der Waals surface area (Å²) in [6, 6.07) is 8.11. The molecule has 2 heterocycles. The van der Waals surface area contributed by atoms with Gasteiger partial charge in [-0.1, -0.05) is 44.2 Å². The summed E-state index contributed by atoms with van der Waals surface area (Å²) in [6.45, 7) is 3.02. The second kappa shape index (κ2) is 10.8. The second-order valence-corrected chi connectivity index (χ2v) is 9.09. The summed E-state index contributed by atoms with van der Waals surface area (Å²) in [6.07, 6.45) is 11.5. The molecule has 2 aromatic rings. The Bertz CT molecular complexity index is 877. The minimum atomic E-state index is 0.179. The summed E-state index contributed by atoms with van der Waals surface area (Å²) < 4.78 is 2.18. The predicted octanol–water partition coefficient (Wildman–Crippen LogP) is 4.07. The molecule has 1 N–H and O–H groups in total. The van der Waals surface area contributed by atoms with Crippen molar-refractivity contribution in [3.63, 3.8) is 0 Å². The van der Waals surface area contributed by atoms with Crippen LogP contribution in [0.15, 0.2) is 24.3 Å². The number of hydrogen-bond acceptors (Lipinski definition) is 3. The maximum atomic E-state index is 12.8. The number of rotatable bonds is 7. The minimum Gasteiger partial charge on any atom is -0.355 e. The molecule has 4 rings (SSSR count). The number of nitrogens with zero attached hydrogens (tertiary/aromatic N) is 3. The SMILES string of the molecule is O=C(NCCc1nc2ccccc2n1CCC(=O)N1CCCCCC1)C1CCCCC1. The molecule has 6 heteroatoms. The molecule has 0 bridgehead atoms. The van der Waals surface area contributed by atoms with Crippen molar-refractivity contribution in [2.24, 2.45) is 5.92 Å². The quantitative estimate of drug-likeness (QED) is 0.729. The summed E-state index contributed by atoms with van der Waals surface area (Å²) in [4.78, 5) is 32.1. The van der Waals surface area contributed by atoms with Gasteiger partial charge < -0.3 is 14.8 Å². The highest BCUT2D eigenvalue weighted by Crippen LogP contribution is 2.23. The molecular formula is C25H36N4O2. The Labute approximate surface area is 185 Å². The van der Waals surface area contributed by atoms with Crippen molar-refractivity contribution >= 4 is 22.8 Å². The van der Waals surface area contributed by atoms with Gasteiger partial charge in [0.15, 0.2) is 0 Å². The standard InChI is InChI=1S/C25H36N4O2/c30-24(28-17-8-1-2-9-18-28)15-19-29-22-13-7-6-12-21(22)27-23(29)14-16-26-25(31)20-10-4-3-5-11-20/h6-7,12-13,20H,1-5,8-11,14-19H2,(H,26,31). The Hall–Kier alpha value is -2.37. The van der Waals surface area contributed by atoms with Crippen molar-refractivity contribution in [2.75, 3.05) is 19.6 Å². The van der Waals surface area contributed by atoms with Crippen LogP contribution in [0.1, 0.15) is 70.0 Å². The highest BCUT2D eigenvalue weighted by molar-refractivity contribution is 5.79. The normalized spacial score (nSPS) is 18.1. The maximum absolute atomic E-state index is 12.8. The smallest absolute Gasteiger partial charge is 0.224 e. The van der Waals surface area contributed by atoms with E-state index in [1.165, 1.54) is 32.1 Å². The van der Waals surface area contributed by atoms with E-state index < -0.39 is 0 Å². The lowest BCUT2D eigenvalue weighted by Gasteiger charge is -2.21. The maximum Gasteiger partial charge on any atom is 0.224 e. The summed E-state index contributed by atoms with van der Waals surface area (Å²) >= 11 is 0. The number of amides is 2. The van der Waals surface area contributed by atoms with E-state index in [0.717, 1.165) is 55.6 Å². The van der Waals surface area contributed by atoms with Crippen molar-refractivity contribution < 1.29 is 9.59 Å². The Balaban J connectivity index is 1.38. The van der Waals surface area contributed by atoms with Crippen LogP contribution < -0.4 is 5.32 Å². The first-order valence-corrected chi connectivity index (χ1v) is 12.2. The van der Waals surface area contributed by atoms with Crippen LogP contribution >= 0.6 is 0 Å². The van der Waals surface area contributed by atoms with Crippen LogP contribution in [0.25, 0.3) is 11.0 Å². The average molecular weight is 425 g/mol. The molecule has 1 aromatic heterocycles. The molecule has 0 radical (unpaired) electrons. The van der Waals surface area contributed by atoms with E-state index in [1.807, 2.05) is 23.1 Å². The van der Waals surface area contributed by atoms with Crippen LogP contribution in [0.2, 0.25) is 0 Å². The Morgan fingerprint density at radius 2 is 1.68 bits per heavy atom. The third-order valence-electron chi connectivity index (χ3n) is 6.87. The Morgan fingerprint density at radius 3 is 2.45 bits per heavy atom. The van der Waals surface area contributed by atoms with E-state index in [4.69, 9.17) is 4.98 Å². The highest BCUT2D eigenvalue weighted by atomic mass is 16.2. The van der Waals surface area contributed by atoms with Gasteiger partial charge in [0, 0.05) is 44.9 Å². The fraction of sp³-hybridized carbons (Fsp3) is 0.640. The molecule has 168 valence electrons. The van der Waals surface area contributed by atoms with Crippen molar-refractivity contribution in [1.29, 1.82) is 0 Å². The van der Waals surface area contributed by atoms with Gasteiger partial charge in [-0.25, -0.2) is 4.98 Å². The van der Waals surface area contributed by atoms with Gasteiger partial charge in [0.2, 0.25) is 11.8 Å². The molecule has 1 saturated carbocycles. The van der Waals surface area contributed by atoms with Crippen molar-refractivity contribution in [2.45, 2.75) is 77.2 Å². The van der Waals surface area contributed by atoms with Gasteiger partial charge in [-0.2, -0.15) is 0 Å². The van der Waals surface area contributed by atoms with Crippen LogP contribution in [0, 0.1) is 5.92 Å². The molecule has 1 aliphatic carbocycles. The van der Waals surface area contributed by atoms with E-state index in [0.29, 0.717) is 25.9 Å². The molecule has 2 fully saturated rings. The van der Waals surface area contributed by atoms with E-state index in [1.54, 1.807) is 0 Å². The van der Waals surface area contributed by atoms with Crippen molar-refractivity contribution in [3.05, 3.63) is 30.1 Å². The van der Waals surface area contributed by atoms with Gasteiger partial charge in [-0.15, -0.1) is 0 Å². The number of aromatic nitrogens is 2. The number of hydrogen-bond donors (Lipinski definition) is 1. The zero-order valence-corrected chi connectivity index (χ0v) is 18.7. The first kappa shape index (κ1) is 21.8. The number of fused-ring (bicyclic) bond motifs is 1. The fourth-order valence-corrected chi connectivity index (χ4v) is 5.06. The summed E-state index contributed by atoms with van der Waals surface area (Å²) in [5, 5.41) is 3.13. The number of aryl methyl sites for hydroxylation is 1. The number of carbonyl (C=O) groups excluding carboxylic acids is 2. The average Bonchev–Trinajstić information content (AvgIpc) is 2.96. The third-order valence-corrected chi connectivity index (χ3v) is 6.87. The van der Waals surface area contributed by atoms with Gasteiger partial charge >= 0.3 is 0 Å². The van der Waals surface area contributed by atoms with Gasteiger partial charge in [-0.05, 0) is 37.8 Å². The van der Waals surface area contributed by atoms with Crippen molar-refractivity contribution in [1.82, 2.24) is 19.8 Å². The molecule has 1 aromatic carbocycles. The zero-order chi connectivity index (χ0) is 21.5. The van der Waals surface area contributed by atoms with Gasteiger partial charge in [-0.3, -0.25) is 9.59 Å². The largest absolute Gasteiger partial charge is 0.355 e. The number of para-hydroxylation sites is 2. The molecule has 31 heavy (non-hydrogen) atoms. The number of imidazole rings is 1. The number of likely N-dealkylation sites (tertiary alicyclic amines) is 1.